The number of rotatable bonds is 4. The minimum Gasteiger partial charge on any atom is -0.508 e. The second-order valence-corrected chi connectivity index (χ2v) is 9.15. The van der Waals surface area contributed by atoms with Crippen LogP contribution in [0.4, 0.5) is 0 Å². The molecule has 1 N–H and O–H groups in total. The molecule has 0 saturated carbocycles. The summed E-state index contributed by atoms with van der Waals surface area (Å²) in [4.78, 5) is 41.8. The monoisotopic (exact) mass is 492 g/mol. The van der Waals surface area contributed by atoms with Gasteiger partial charge in [0, 0.05) is 49.1 Å². The minimum absolute atomic E-state index is 0.0676. The van der Waals surface area contributed by atoms with Crippen LogP contribution >= 0.6 is 0 Å². The van der Waals surface area contributed by atoms with E-state index in [0.717, 1.165) is 10.9 Å². The molecule has 9 nitrogen and oxygen atoms in total. The third-order valence-electron chi connectivity index (χ3n) is 6.99. The normalized spacial score (nSPS) is 17.3. The summed E-state index contributed by atoms with van der Waals surface area (Å²) in [6.07, 6.45) is -0.282. The number of carbonyl (C=O) groups is 2. The van der Waals surface area contributed by atoms with E-state index in [2.05, 4.69) is 0 Å². The molecule has 1 aromatic heterocycles. The van der Waals surface area contributed by atoms with Gasteiger partial charge < -0.3 is 28.8 Å². The average Bonchev–Trinajstić information content (AvgIpc) is 2.90. The lowest BCUT2D eigenvalue weighted by Gasteiger charge is -2.37. The van der Waals surface area contributed by atoms with Crippen molar-refractivity contribution < 1.29 is 28.6 Å². The summed E-state index contributed by atoms with van der Waals surface area (Å²) in [5.74, 6) is 1.02. The fourth-order valence-electron chi connectivity index (χ4n) is 4.78. The highest BCUT2D eigenvalue weighted by Gasteiger charge is 2.33. The van der Waals surface area contributed by atoms with Crippen molar-refractivity contribution in [2.75, 3.05) is 32.8 Å². The van der Waals surface area contributed by atoms with Crippen LogP contribution in [-0.2, 0) is 16.0 Å². The highest BCUT2D eigenvalue weighted by molar-refractivity contribution is 5.86. The predicted molar refractivity (Wildman–Crippen MR) is 131 cm³/mol. The van der Waals surface area contributed by atoms with Gasteiger partial charge in [0.15, 0.2) is 11.5 Å². The Bertz CT molecular complexity index is 1390. The lowest BCUT2D eigenvalue weighted by Crippen LogP contribution is -2.55. The number of nitrogens with zero attached hydrogens (tertiary/aromatic N) is 2. The van der Waals surface area contributed by atoms with Gasteiger partial charge in [-0.3, -0.25) is 9.59 Å². The first-order chi connectivity index (χ1) is 17.3. The van der Waals surface area contributed by atoms with Crippen LogP contribution in [0.1, 0.15) is 23.1 Å². The van der Waals surface area contributed by atoms with Gasteiger partial charge in [-0.25, -0.2) is 4.79 Å². The number of ether oxygens (including phenoxy) is 2. The molecule has 1 unspecified atom stereocenters. The molecule has 2 aliphatic heterocycles. The first-order valence-corrected chi connectivity index (χ1v) is 12.0. The molecule has 5 rings (SSSR count). The summed E-state index contributed by atoms with van der Waals surface area (Å²) in [6.45, 7) is 5.33. The van der Waals surface area contributed by atoms with Crippen LogP contribution in [0.3, 0.4) is 0 Å². The number of amides is 2. The Morgan fingerprint density at radius 2 is 1.67 bits per heavy atom. The number of para-hydroxylation sites is 2. The first kappa shape index (κ1) is 23.7. The van der Waals surface area contributed by atoms with Crippen LogP contribution in [0.15, 0.2) is 45.6 Å². The second kappa shape index (κ2) is 9.56. The van der Waals surface area contributed by atoms with E-state index in [1.54, 1.807) is 41.0 Å². The van der Waals surface area contributed by atoms with E-state index in [-0.39, 0.29) is 37.0 Å². The number of piperazine rings is 1. The van der Waals surface area contributed by atoms with Crippen molar-refractivity contribution in [1.82, 2.24) is 9.80 Å². The van der Waals surface area contributed by atoms with E-state index < -0.39 is 11.7 Å². The molecule has 188 valence electrons. The van der Waals surface area contributed by atoms with E-state index in [1.807, 2.05) is 19.1 Å². The number of benzene rings is 2. The fraction of sp³-hybridized carbons (Fsp3) is 0.370. The van der Waals surface area contributed by atoms with Gasteiger partial charge in [0.2, 0.25) is 12.0 Å². The molecule has 3 heterocycles. The predicted octanol–water partition coefficient (Wildman–Crippen LogP) is 2.56. The van der Waals surface area contributed by atoms with Crippen molar-refractivity contribution in [3.05, 3.63) is 63.5 Å². The number of carbonyl (C=O) groups excluding carboxylic acids is 2. The average molecular weight is 493 g/mol. The maximum Gasteiger partial charge on any atom is 0.339 e. The second-order valence-electron chi connectivity index (χ2n) is 9.15. The standard InChI is InChI=1S/C27H28N2O7/c1-16-18-7-9-20(30)17(2)25(18)36-27(33)19(16)8-10-24(31)28-11-13-29(14-12-28)26(32)23-15-34-21-5-3-4-6-22(21)35-23/h3-7,9,23,30H,8,10-15H2,1-2H3. The lowest BCUT2D eigenvalue weighted by molar-refractivity contribution is -0.146. The number of phenols is 1. The molecule has 36 heavy (non-hydrogen) atoms. The summed E-state index contributed by atoms with van der Waals surface area (Å²) in [6, 6.07) is 10.5. The van der Waals surface area contributed by atoms with Crippen LogP contribution in [0.25, 0.3) is 11.0 Å². The van der Waals surface area contributed by atoms with Crippen LogP contribution < -0.4 is 15.1 Å². The number of aromatic hydroxyl groups is 1. The quantitative estimate of drug-likeness (QED) is 0.558. The molecule has 2 aromatic carbocycles. The summed E-state index contributed by atoms with van der Waals surface area (Å²) in [5.41, 5.74) is 1.60. The van der Waals surface area contributed by atoms with Crippen molar-refractivity contribution in [3.63, 3.8) is 0 Å². The Morgan fingerprint density at radius 3 is 2.42 bits per heavy atom. The molecule has 1 atom stereocenters. The Kier molecular flexibility index (Phi) is 6.30. The van der Waals surface area contributed by atoms with E-state index >= 15 is 0 Å². The number of phenolic OH excluding ortho intramolecular Hbond substituents is 1. The zero-order valence-electron chi connectivity index (χ0n) is 20.3. The van der Waals surface area contributed by atoms with Crippen LogP contribution in [0, 0.1) is 13.8 Å². The molecule has 2 aliphatic rings. The molecule has 3 aromatic rings. The maximum atomic E-state index is 12.9. The van der Waals surface area contributed by atoms with Crippen molar-refractivity contribution in [2.24, 2.45) is 0 Å². The molecule has 0 bridgehead atoms. The number of aryl methyl sites for hydroxylation is 2. The molecule has 0 radical (unpaired) electrons. The third-order valence-corrected chi connectivity index (χ3v) is 6.99. The topological polar surface area (TPSA) is 110 Å². The largest absolute Gasteiger partial charge is 0.508 e. The molecular formula is C27H28N2O7. The van der Waals surface area contributed by atoms with Gasteiger partial charge in [-0.1, -0.05) is 12.1 Å². The molecule has 0 spiro atoms. The van der Waals surface area contributed by atoms with E-state index in [9.17, 15) is 19.5 Å². The lowest BCUT2D eigenvalue weighted by atomic mass is 10.00. The number of hydrogen-bond donors (Lipinski definition) is 1. The molecule has 1 saturated heterocycles. The van der Waals surface area contributed by atoms with E-state index in [0.29, 0.717) is 54.4 Å². The molecule has 1 fully saturated rings. The van der Waals surface area contributed by atoms with Gasteiger partial charge >= 0.3 is 5.63 Å². The Labute approximate surface area is 207 Å². The van der Waals surface area contributed by atoms with Crippen molar-refractivity contribution in [3.8, 4) is 17.2 Å². The first-order valence-electron chi connectivity index (χ1n) is 12.0. The summed E-state index contributed by atoms with van der Waals surface area (Å²) >= 11 is 0. The summed E-state index contributed by atoms with van der Waals surface area (Å²) in [5, 5.41) is 10.7. The fourth-order valence-corrected chi connectivity index (χ4v) is 4.78. The molecular weight excluding hydrogens is 464 g/mol. The molecule has 0 aliphatic carbocycles. The molecule has 9 heteroatoms. The highest BCUT2D eigenvalue weighted by atomic mass is 16.6. The Hall–Kier alpha value is -4.01. The van der Waals surface area contributed by atoms with Crippen LogP contribution in [-0.4, -0.2) is 65.6 Å². The Balaban J connectivity index is 1.18. The third kappa shape index (κ3) is 4.36. The van der Waals surface area contributed by atoms with E-state index in [1.165, 1.54) is 0 Å². The SMILES string of the molecule is Cc1c(CCC(=O)N2CCN(C(=O)C3COc4ccccc4O3)CC2)c(=O)oc2c(C)c(O)ccc12. The van der Waals surface area contributed by atoms with Gasteiger partial charge in [-0.2, -0.15) is 0 Å². The number of hydrogen-bond acceptors (Lipinski definition) is 7. The highest BCUT2D eigenvalue weighted by Crippen LogP contribution is 2.31. The van der Waals surface area contributed by atoms with Crippen molar-refractivity contribution in [1.29, 1.82) is 0 Å². The van der Waals surface area contributed by atoms with Crippen molar-refractivity contribution >= 4 is 22.8 Å². The smallest absolute Gasteiger partial charge is 0.339 e. The number of fused-ring (bicyclic) bond motifs is 2. The van der Waals surface area contributed by atoms with Crippen LogP contribution in [0.2, 0.25) is 0 Å². The van der Waals surface area contributed by atoms with Crippen molar-refractivity contribution in [2.45, 2.75) is 32.8 Å². The zero-order valence-corrected chi connectivity index (χ0v) is 20.3. The summed E-state index contributed by atoms with van der Waals surface area (Å²) < 4.78 is 17.0. The van der Waals surface area contributed by atoms with Gasteiger partial charge in [-0.05, 0) is 50.1 Å². The summed E-state index contributed by atoms with van der Waals surface area (Å²) in [7, 11) is 0. The Morgan fingerprint density at radius 1 is 0.972 bits per heavy atom. The van der Waals surface area contributed by atoms with Gasteiger partial charge in [0.05, 0.1) is 0 Å². The van der Waals surface area contributed by atoms with Crippen LogP contribution in [0.5, 0.6) is 17.2 Å². The molecule has 2 amide bonds. The van der Waals surface area contributed by atoms with Gasteiger partial charge in [0.1, 0.15) is 17.9 Å². The van der Waals surface area contributed by atoms with Gasteiger partial charge in [-0.15, -0.1) is 0 Å². The van der Waals surface area contributed by atoms with Gasteiger partial charge in [0.25, 0.3) is 5.91 Å². The zero-order chi connectivity index (χ0) is 25.4. The maximum absolute atomic E-state index is 12.9. The van der Waals surface area contributed by atoms with E-state index in [4.69, 9.17) is 13.9 Å². The minimum atomic E-state index is -0.706.